The first kappa shape index (κ1) is 10.7. The van der Waals surface area contributed by atoms with Crippen LogP contribution >= 0.6 is 0 Å². The Hall–Kier alpha value is -1.35. The number of rotatable bonds is 3. The molecule has 0 unspecified atom stereocenters. The van der Waals surface area contributed by atoms with Gasteiger partial charge in [0.1, 0.15) is 6.04 Å². The number of nitrogens with two attached hydrogens (primary N) is 1. The summed E-state index contributed by atoms with van der Waals surface area (Å²) >= 11 is 0. The van der Waals surface area contributed by atoms with Crippen LogP contribution in [0, 0.1) is 13.8 Å². The van der Waals surface area contributed by atoms with Crippen LogP contribution in [0.4, 0.5) is 0 Å². The summed E-state index contributed by atoms with van der Waals surface area (Å²) in [6.45, 7) is 3.99. The molecule has 3 N–H and O–H groups in total. The molecule has 1 aromatic rings. The minimum Gasteiger partial charge on any atom is -0.480 e. The second kappa shape index (κ2) is 4.24. The summed E-state index contributed by atoms with van der Waals surface area (Å²) in [6, 6.07) is 5.04. The first-order chi connectivity index (χ1) is 6.52. The first-order valence-corrected chi connectivity index (χ1v) is 4.56. The SMILES string of the molecule is Cc1cccc(C[C@@H](N)C(=O)O)c1C. The molecule has 14 heavy (non-hydrogen) atoms. The normalized spacial score (nSPS) is 12.5. The molecule has 0 saturated heterocycles. The van der Waals surface area contributed by atoms with Gasteiger partial charge in [-0.1, -0.05) is 18.2 Å². The lowest BCUT2D eigenvalue weighted by Gasteiger charge is -2.10. The van der Waals surface area contributed by atoms with E-state index in [4.69, 9.17) is 10.8 Å². The highest BCUT2D eigenvalue weighted by molar-refractivity contribution is 5.73. The molecule has 0 aliphatic rings. The van der Waals surface area contributed by atoms with Gasteiger partial charge in [0.25, 0.3) is 0 Å². The van der Waals surface area contributed by atoms with Crippen molar-refractivity contribution in [2.75, 3.05) is 0 Å². The van der Waals surface area contributed by atoms with Crippen LogP contribution < -0.4 is 5.73 Å². The average molecular weight is 193 g/mol. The summed E-state index contributed by atoms with van der Waals surface area (Å²) in [6.07, 6.45) is 0.392. The molecule has 0 fully saturated rings. The lowest BCUT2D eigenvalue weighted by Crippen LogP contribution is -2.32. The minimum atomic E-state index is -0.953. The van der Waals surface area contributed by atoms with E-state index in [-0.39, 0.29) is 0 Å². The fourth-order valence-electron chi connectivity index (χ4n) is 1.36. The van der Waals surface area contributed by atoms with Gasteiger partial charge >= 0.3 is 5.97 Å². The highest BCUT2D eigenvalue weighted by atomic mass is 16.4. The Labute approximate surface area is 83.6 Å². The van der Waals surface area contributed by atoms with Crippen molar-refractivity contribution in [3.63, 3.8) is 0 Å². The van der Waals surface area contributed by atoms with Crippen molar-refractivity contribution in [2.24, 2.45) is 5.73 Å². The van der Waals surface area contributed by atoms with Crippen molar-refractivity contribution >= 4 is 5.97 Å². The van der Waals surface area contributed by atoms with Crippen LogP contribution in [0.25, 0.3) is 0 Å². The van der Waals surface area contributed by atoms with Crippen LogP contribution in [0.5, 0.6) is 0 Å². The number of carboxylic acid groups (broad SMARTS) is 1. The van der Waals surface area contributed by atoms with Gasteiger partial charge in [-0.25, -0.2) is 0 Å². The number of benzene rings is 1. The molecular weight excluding hydrogens is 178 g/mol. The number of hydrogen-bond donors (Lipinski definition) is 2. The molecule has 0 aromatic heterocycles. The molecule has 0 amide bonds. The Balaban J connectivity index is 2.87. The number of carboxylic acids is 1. The molecule has 0 bridgehead atoms. The maximum absolute atomic E-state index is 10.6. The van der Waals surface area contributed by atoms with Gasteiger partial charge < -0.3 is 10.8 Å². The van der Waals surface area contributed by atoms with E-state index in [2.05, 4.69) is 0 Å². The number of hydrogen-bond acceptors (Lipinski definition) is 2. The van der Waals surface area contributed by atoms with Crippen LogP contribution in [0.15, 0.2) is 18.2 Å². The maximum atomic E-state index is 10.6. The van der Waals surface area contributed by atoms with E-state index < -0.39 is 12.0 Å². The zero-order valence-electron chi connectivity index (χ0n) is 8.45. The predicted molar refractivity (Wildman–Crippen MR) is 55.2 cm³/mol. The van der Waals surface area contributed by atoms with E-state index in [1.54, 1.807) is 0 Å². The van der Waals surface area contributed by atoms with Gasteiger partial charge in [-0.05, 0) is 37.0 Å². The second-order valence-corrected chi connectivity index (χ2v) is 3.51. The molecule has 0 saturated carbocycles. The molecule has 3 nitrogen and oxygen atoms in total. The van der Waals surface area contributed by atoms with E-state index in [1.165, 1.54) is 5.56 Å². The Kier molecular flexibility index (Phi) is 3.25. The van der Waals surface area contributed by atoms with Gasteiger partial charge in [0.2, 0.25) is 0 Å². The molecule has 0 aliphatic carbocycles. The van der Waals surface area contributed by atoms with Crippen molar-refractivity contribution in [2.45, 2.75) is 26.3 Å². The van der Waals surface area contributed by atoms with Gasteiger partial charge in [-0.15, -0.1) is 0 Å². The van der Waals surface area contributed by atoms with Crippen LogP contribution in [0.3, 0.4) is 0 Å². The fraction of sp³-hybridized carbons (Fsp3) is 0.364. The summed E-state index contributed by atoms with van der Waals surface area (Å²) in [5, 5.41) is 8.68. The van der Waals surface area contributed by atoms with Crippen molar-refractivity contribution in [1.29, 1.82) is 0 Å². The van der Waals surface area contributed by atoms with E-state index in [9.17, 15) is 4.79 Å². The summed E-state index contributed by atoms with van der Waals surface area (Å²) < 4.78 is 0. The summed E-state index contributed by atoms with van der Waals surface area (Å²) in [5.74, 6) is -0.953. The van der Waals surface area contributed by atoms with Crippen molar-refractivity contribution in [3.8, 4) is 0 Å². The molecule has 3 heteroatoms. The van der Waals surface area contributed by atoms with Crippen molar-refractivity contribution < 1.29 is 9.90 Å². The van der Waals surface area contributed by atoms with Crippen LogP contribution in [-0.2, 0) is 11.2 Å². The number of aliphatic carboxylic acids is 1. The lowest BCUT2D eigenvalue weighted by molar-refractivity contribution is -0.138. The summed E-state index contributed by atoms with van der Waals surface area (Å²) in [4.78, 5) is 10.6. The highest BCUT2D eigenvalue weighted by Gasteiger charge is 2.13. The maximum Gasteiger partial charge on any atom is 0.320 e. The lowest BCUT2D eigenvalue weighted by atomic mass is 9.98. The molecule has 1 atom stereocenters. The Morgan fingerprint density at radius 1 is 1.50 bits per heavy atom. The Morgan fingerprint density at radius 3 is 2.71 bits per heavy atom. The van der Waals surface area contributed by atoms with Gasteiger partial charge in [0, 0.05) is 0 Å². The topological polar surface area (TPSA) is 63.3 Å². The molecule has 1 rings (SSSR count). The molecular formula is C11H15NO2. The van der Waals surface area contributed by atoms with Gasteiger partial charge in [-0.3, -0.25) is 4.79 Å². The fourth-order valence-corrected chi connectivity index (χ4v) is 1.36. The average Bonchev–Trinajstić information content (AvgIpc) is 2.12. The van der Waals surface area contributed by atoms with E-state index in [0.29, 0.717) is 6.42 Å². The third-order valence-corrected chi connectivity index (χ3v) is 2.47. The Bertz CT molecular complexity index is 347. The van der Waals surface area contributed by atoms with Crippen molar-refractivity contribution in [3.05, 3.63) is 34.9 Å². The number of carbonyl (C=O) groups is 1. The summed E-state index contributed by atoms with van der Waals surface area (Å²) in [7, 11) is 0. The zero-order valence-corrected chi connectivity index (χ0v) is 8.45. The number of aryl methyl sites for hydroxylation is 1. The molecule has 0 aliphatic heterocycles. The van der Waals surface area contributed by atoms with Crippen LogP contribution in [0.1, 0.15) is 16.7 Å². The first-order valence-electron chi connectivity index (χ1n) is 4.56. The predicted octanol–water partition coefficient (Wildman–Crippen LogP) is 1.26. The third kappa shape index (κ3) is 2.33. The van der Waals surface area contributed by atoms with Gasteiger partial charge in [0.05, 0.1) is 0 Å². The highest BCUT2D eigenvalue weighted by Crippen LogP contribution is 2.13. The Morgan fingerprint density at radius 2 is 2.14 bits per heavy atom. The van der Waals surface area contributed by atoms with E-state index in [1.807, 2.05) is 32.0 Å². The molecule has 0 spiro atoms. The monoisotopic (exact) mass is 193 g/mol. The van der Waals surface area contributed by atoms with E-state index >= 15 is 0 Å². The third-order valence-electron chi connectivity index (χ3n) is 2.47. The zero-order chi connectivity index (χ0) is 10.7. The quantitative estimate of drug-likeness (QED) is 0.759. The molecule has 0 heterocycles. The second-order valence-electron chi connectivity index (χ2n) is 3.51. The molecule has 1 aromatic carbocycles. The van der Waals surface area contributed by atoms with Gasteiger partial charge in [-0.2, -0.15) is 0 Å². The van der Waals surface area contributed by atoms with Gasteiger partial charge in [0.15, 0.2) is 0 Å². The minimum absolute atomic E-state index is 0.392. The van der Waals surface area contributed by atoms with Crippen molar-refractivity contribution in [1.82, 2.24) is 0 Å². The molecule has 76 valence electrons. The smallest absolute Gasteiger partial charge is 0.320 e. The summed E-state index contributed by atoms with van der Waals surface area (Å²) in [5.41, 5.74) is 8.78. The van der Waals surface area contributed by atoms with Crippen LogP contribution in [-0.4, -0.2) is 17.1 Å². The largest absolute Gasteiger partial charge is 0.480 e. The van der Waals surface area contributed by atoms with Crippen LogP contribution in [0.2, 0.25) is 0 Å². The molecule has 0 radical (unpaired) electrons. The standard InChI is InChI=1S/C11H15NO2/c1-7-4-3-5-9(8(7)2)6-10(12)11(13)14/h3-5,10H,6,12H2,1-2H3,(H,13,14)/t10-/m1/s1. The van der Waals surface area contributed by atoms with E-state index in [0.717, 1.165) is 11.1 Å².